The van der Waals surface area contributed by atoms with Crippen LogP contribution in [0.5, 0.6) is 5.75 Å². The normalized spacial score (nSPS) is 11.4. The minimum Gasteiger partial charge on any atom is -0.492 e. The summed E-state index contributed by atoms with van der Waals surface area (Å²) in [4.78, 5) is 5.20. The molecule has 21 heavy (non-hydrogen) atoms. The molecule has 1 N–H and O–H groups in total. The first kappa shape index (κ1) is 16.1. The first-order valence-corrected chi connectivity index (χ1v) is 8.90. The summed E-state index contributed by atoms with van der Waals surface area (Å²) in [5.74, 6) is 0.457. The van der Waals surface area contributed by atoms with Crippen molar-refractivity contribution >= 4 is 38.1 Å². The molecule has 0 unspecified atom stereocenters. The van der Waals surface area contributed by atoms with Crippen LogP contribution >= 0.6 is 22.9 Å². The van der Waals surface area contributed by atoms with Gasteiger partial charge in [-0.1, -0.05) is 11.6 Å². The average Bonchev–Trinajstić information content (AvgIpc) is 2.70. The van der Waals surface area contributed by atoms with Gasteiger partial charge in [0.2, 0.25) is 0 Å². The molecule has 0 amide bonds. The smallest absolute Gasteiger partial charge is 0.263 e. The lowest BCUT2D eigenvalue weighted by Gasteiger charge is -2.09. The van der Waals surface area contributed by atoms with E-state index >= 15 is 0 Å². The van der Waals surface area contributed by atoms with Crippen molar-refractivity contribution in [3.63, 3.8) is 0 Å². The number of hydrogen-bond acceptors (Lipinski definition) is 5. The van der Waals surface area contributed by atoms with E-state index in [9.17, 15) is 8.42 Å². The first-order valence-electron chi connectivity index (χ1n) is 6.22. The summed E-state index contributed by atoms with van der Waals surface area (Å²) in [6.07, 6.45) is 0. The third kappa shape index (κ3) is 3.66. The Labute approximate surface area is 133 Å². The quantitative estimate of drug-likeness (QED) is 0.897. The highest BCUT2D eigenvalue weighted by Gasteiger charge is 2.18. The number of nitrogens with zero attached hydrogens (tertiary/aromatic N) is 1. The largest absolute Gasteiger partial charge is 0.492 e. The van der Waals surface area contributed by atoms with Crippen molar-refractivity contribution in [1.82, 2.24) is 4.98 Å². The number of aryl methyl sites for hydroxylation is 2. The second-order valence-electron chi connectivity index (χ2n) is 4.29. The minimum atomic E-state index is -3.71. The third-order valence-corrected chi connectivity index (χ3v) is 5.51. The summed E-state index contributed by atoms with van der Waals surface area (Å²) in [7, 11) is -3.71. The summed E-state index contributed by atoms with van der Waals surface area (Å²) >= 11 is 7.31. The number of halogens is 1. The van der Waals surface area contributed by atoms with Crippen molar-refractivity contribution in [2.45, 2.75) is 25.7 Å². The number of nitrogens with one attached hydrogen (secondary N) is 1. The minimum absolute atomic E-state index is 0.0708. The molecule has 0 fully saturated rings. The maximum absolute atomic E-state index is 12.3. The van der Waals surface area contributed by atoms with Crippen LogP contribution in [0.1, 0.15) is 17.5 Å². The molecular weight excluding hydrogens is 332 g/mol. The Morgan fingerprint density at radius 3 is 2.62 bits per heavy atom. The number of rotatable bonds is 5. The molecule has 0 radical (unpaired) electrons. The number of sulfonamides is 1. The Hall–Kier alpha value is -1.31. The maximum atomic E-state index is 12.3. The topological polar surface area (TPSA) is 68.3 Å². The Kier molecular flexibility index (Phi) is 4.75. The highest BCUT2D eigenvalue weighted by atomic mass is 35.5. The van der Waals surface area contributed by atoms with Gasteiger partial charge in [-0.2, -0.15) is 0 Å². The second kappa shape index (κ2) is 6.21. The van der Waals surface area contributed by atoms with E-state index in [2.05, 4.69) is 9.71 Å². The van der Waals surface area contributed by atoms with Crippen LogP contribution in [0.3, 0.4) is 0 Å². The third-order valence-electron chi connectivity index (χ3n) is 2.76. The van der Waals surface area contributed by atoms with Gasteiger partial charge in [0.25, 0.3) is 10.0 Å². The molecule has 1 heterocycles. The van der Waals surface area contributed by atoms with Gasteiger partial charge in [0.1, 0.15) is 5.75 Å². The number of thiazole rings is 1. The van der Waals surface area contributed by atoms with Gasteiger partial charge in [-0.25, -0.2) is 13.4 Å². The molecule has 114 valence electrons. The summed E-state index contributed by atoms with van der Waals surface area (Å²) in [6.45, 7) is 6.01. The van der Waals surface area contributed by atoms with Crippen LogP contribution in [-0.2, 0) is 10.0 Å². The lowest BCUT2D eigenvalue weighted by atomic mass is 10.3. The van der Waals surface area contributed by atoms with Crippen molar-refractivity contribution in [3.05, 3.63) is 33.8 Å². The van der Waals surface area contributed by atoms with Gasteiger partial charge in [0.05, 0.1) is 22.2 Å². The van der Waals surface area contributed by atoms with E-state index in [0.29, 0.717) is 17.5 Å². The zero-order valence-corrected chi connectivity index (χ0v) is 14.2. The summed E-state index contributed by atoms with van der Waals surface area (Å²) in [6, 6.07) is 4.35. The van der Waals surface area contributed by atoms with Gasteiger partial charge in [0, 0.05) is 4.88 Å². The van der Waals surface area contributed by atoms with E-state index in [1.807, 2.05) is 20.8 Å². The Balaban J connectivity index is 2.29. The monoisotopic (exact) mass is 346 g/mol. The lowest BCUT2D eigenvalue weighted by molar-refractivity contribution is 0.340. The van der Waals surface area contributed by atoms with E-state index in [0.717, 1.165) is 10.6 Å². The average molecular weight is 347 g/mol. The van der Waals surface area contributed by atoms with E-state index in [1.54, 1.807) is 6.07 Å². The lowest BCUT2D eigenvalue weighted by Crippen LogP contribution is -2.12. The first-order chi connectivity index (χ1) is 9.83. The van der Waals surface area contributed by atoms with Crippen LogP contribution in [0.25, 0.3) is 0 Å². The van der Waals surface area contributed by atoms with Gasteiger partial charge in [-0.15, -0.1) is 11.3 Å². The van der Waals surface area contributed by atoms with E-state index in [1.165, 1.54) is 23.5 Å². The second-order valence-corrected chi connectivity index (χ2v) is 7.58. The van der Waals surface area contributed by atoms with Crippen molar-refractivity contribution in [2.24, 2.45) is 0 Å². The summed E-state index contributed by atoms with van der Waals surface area (Å²) < 4.78 is 32.3. The highest BCUT2D eigenvalue weighted by Crippen LogP contribution is 2.29. The predicted octanol–water partition coefficient (Wildman–Crippen LogP) is 3.61. The molecule has 8 heteroatoms. The van der Waals surface area contributed by atoms with Crippen LogP contribution < -0.4 is 9.46 Å². The van der Waals surface area contributed by atoms with Crippen molar-refractivity contribution in [2.75, 3.05) is 11.3 Å². The number of ether oxygens (including phenoxy) is 1. The molecule has 0 saturated carbocycles. The van der Waals surface area contributed by atoms with Crippen LogP contribution in [0.4, 0.5) is 5.13 Å². The Morgan fingerprint density at radius 1 is 1.38 bits per heavy atom. The van der Waals surface area contributed by atoms with Gasteiger partial charge in [0.15, 0.2) is 5.13 Å². The van der Waals surface area contributed by atoms with E-state index in [4.69, 9.17) is 16.3 Å². The molecule has 0 aliphatic heterocycles. The van der Waals surface area contributed by atoms with Gasteiger partial charge in [-0.05, 0) is 39.0 Å². The van der Waals surface area contributed by atoms with Crippen LogP contribution in [-0.4, -0.2) is 20.0 Å². The van der Waals surface area contributed by atoms with Crippen molar-refractivity contribution < 1.29 is 13.2 Å². The SMILES string of the molecule is CCOc1ccc(S(=O)(=O)Nc2nc(C)c(C)s2)cc1Cl. The van der Waals surface area contributed by atoms with Crippen LogP contribution in [0.15, 0.2) is 23.1 Å². The Morgan fingerprint density at radius 2 is 2.10 bits per heavy atom. The fourth-order valence-corrected chi connectivity index (χ4v) is 3.99. The Bertz CT molecular complexity index is 737. The molecule has 2 rings (SSSR count). The number of aromatic nitrogens is 1. The van der Waals surface area contributed by atoms with Gasteiger partial charge < -0.3 is 4.74 Å². The highest BCUT2D eigenvalue weighted by molar-refractivity contribution is 7.93. The fourth-order valence-electron chi connectivity index (χ4n) is 1.61. The molecule has 0 spiro atoms. The number of anilines is 1. The summed E-state index contributed by atoms with van der Waals surface area (Å²) in [5, 5.41) is 0.598. The maximum Gasteiger partial charge on any atom is 0.263 e. The zero-order valence-electron chi connectivity index (χ0n) is 11.8. The molecule has 1 aromatic carbocycles. The van der Waals surface area contributed by atoms with Crippen LogP contribution in [0, 0.1) is 13.8 Å². The molecule has 5 nitrogen and oxygen atoms in total. The molecule has 1 aromatic heterocycles. The van der Waals surface area contributed by atoms with Crippen molar-refractivity contribution in [3.8, 4) is 5.75 Å². The summed E-state index contributed by atoms with van der Waals surface area (Å²) in [5.41, 5.74) is 0.808. The molecule has 0 aliphatic carbocycles. The fraction of sp³-hybridized carbons (Fsp3) is 0.308. The molecule has 0 bridgehead atoms. The van der Waals surface area contributed by atoms with Crippen molar-refractivity contribution in [1.29, 1.82) is 0 Å². The standard InChI is InChI=1S/C13H15ClN2O3S2/c1-4-19-12-6-5-10(7-11(12)14)21(17,18)16-13-15-8(2)9(3)20-13/h5-7H,4H2,1-3H3,(H,15,16). The van der Waals surface area contributed by atoms with E-state index in [-0.39, 0.29) is 9.92 Å². The molecule has 0 saturated heterocycles. The van der Waals surface area contributed by atoms with E-state index < -0.39 is 10.0 Å². The molecule has 0 atom stereocenters. The molecule has 2 aromatic rings. The zero-order chi connectivity index (χ0) is 15.6. The predicted molar refractivity (Wildman–Crippen MR) is 85.0 cm³/mol. The molecule has 0 aliphatic rings. The van der Waals surface area contributed by atoms with Gasteiger partial charge in [-0.3, -0.25) is 4.72 Å². The van der Waals surface area contributed by atoms with Crippen LogP contribution in [0.2, 0.25) is 5.02 Å². The molecular formula is C13H15ClN2O3S2. The van der Waals surface area contributed by atoms with Gasteiger partial charge >= 0.3 is 0 Å². The number of hydrogen-bond donors (Lipinski definition) is 1. The number of benzene rings is 1.